The van der Waals surface area contributed by atoms with Crippen molar-refractivity contribution in [2.24, 2.45) is 11.0 Å². The fourth-order valence-electron chi connectivity index (χ4n) is 0.814. The predicted molar refractivity (Wildman–Crippen MR) is 68.9 cm³/mol. The van der Waals surface area contributed by atoms with E-state index in [9.17, 15) is 9.67 Å². The Hall–Kier alpha value is 0.930. The van der Waals surface area contributed by atoms with Gasteiger partial charge < -0.3 is 10.2 Å². The molecule has 1 rings (SSSR count). The molecule has 1 radical (unpaired) electrons. The van der Waals surface area contributed by atoms with E-state index in [2.05, 4.69) is 36.9 Å². The molecular weight excluding hydrogens is 360 g/mol. The Labute approximate surface area is 126 Å². The van der Waals surface area contributed by atoms with E-state index in [-0.39, 0.29) is 35.3 Å². The monoisotopic (exact) mass is 366 g/mol. The second-order valence-electron chi connectivity index (χ2n) is 2.58. The van der Waals surface area contributed by atoms with Gasteiger partial charge in [-0.15, -0.1) is 0 Å². The molecule has 0 aliphatic carbocycles. The minimum absolute atomic E-state index is 0. The Morgan fingerprint density at radius 3 is 2.27 bits per heavy atom. The van der Waals surface area contributed by atoms with Gasteiger partial charge in [-0.2, -0.15) is 0 Å². The van der Waals surface area contributed by atoms with E-state index in [1.54, 1.807) is 0 Å². The number of nitrogens with two attached hydrogens (primary N) is 2. The van der Waals surface area contributed by atoms with Crippen molar-refractivity contribution in [3.05, 3.63) is 21.1 Å². The second-order valence-corrected chi connectivity index (χ2v) is 5.81. The maximum Gasteiger partial charge on any atom is 0.298 e. The number of halogens is 2. The molecule has 0 heterocycles. The summed E-state index contributed by atoms with van der Waals surface area (Å²) in [6.45, 7) is 0. The second kappa shape index (κ2) is 6.02. The molecule has 0 aliphatic heterocycles. The number of benzene rings is 1. The third kappa shape index (κ3) is 4.75. The van der Waals surface area contributed by atoms with Crippen molar-refractivity contribution in [1.29, 1.82) is 0 Å². The van der Waals surface area contributed by atoms with Gasteiger partial charge in [-0.3, -0.25) is 15.6 Å². The standard InChI is InChI=1S/C6H8Br2N3O2P.Na/c7-5-3(11-14(9,10)13)1-2-4(12)6(5)8;/h1-2,12H,(H5,9,10,11,13);. The number of rotatable bonds is 2. The van der Waals surface area contributed by atoms with Crippen LogP contribution in [0.25, 0.3) is 0 Å². The minimum atomic E-state index is -3.33. The Bertz CT molecular complexity index is 412. The maximum absolute atomic E-state index is 11.1. The van der Waals surface area contributed by atoms with E-state index in [1.807, 2.05) is 0 Å². The molecule has 0 unspecified atom stereocenters. The molecule has 1 aromatic carbocycles. The molecule has 0 aliphatic rings. The number of nitrogens with one attached hydrogen (secondary N) is 1. The van der Waals surface area contributed by atoms with Crippen LogP contribution in [0.5, 0.6) is 5.75 Å². The Kier molecular flexibility index (Phi) is 6.40. The van der Waals surface area contributed by atoms with Gasteiger partial charge in [0, 0.05) is 29.6 Å². The van der Waals surface area contributed by atoms with Crippen molar-refractivity contribution < 1.29 is 9.67 Å². The third-order valence-electron chi connectivity index (χ3n) is 1.36. The molecule has 1 aromatic rings. The molecular formula is C6H8Br2N3NaO2P. The van der Waals surface area contributed by atoms with Crippen molar-refractivity contribution in [3.63, 3.8) is 0 Å². The van der Waals surface area contributed by atoms with Gasteiger partial charge >= 0.3 is 0 Å². The fourth-order valence-corrected chi connectivity index (χ4v) is 2.31. The van der Waals surface area contributed by atoms with Gasteiger partial charge in [0.1, 0.15) is 5.75 Å². The van der Waals surface area contributed by atoms with Crippen LogP contribution in [0, 0.1) is 0 Å². The van der Waals surface area contributed by atoms with Gasteiger partial charge in [-0.05, 0) is 44.0 Å². The zero-order valence-electron chi connectivity index (χ0n) is 7.87. The summed E-state index contributed by atoms with van der Waals surface area (Å²) in [7, 11) is -3.33. The van der Waals surface area contributed by atoms with E-state index in [1.165, 1.54) is 12.1 Å². The fraction of sp³-hybridized carbons (Fsp3) is 0. The van der Waals surface area contributed by atoms with Crippen LogP contribution in [0.15, 0.2) is 21.1 Å². The molecule has 5 nitrogen and oxygen atoms in total. The average Bonchev–Trinajstić information content (AvgIpc) is 2.04. The first kappa shape index (κ1) is 15.9. The Morgan fingerprint density at radius 2 is 1.80 bits per heavy atom. The van der Waals surface area contributed by atoms with Gasteiger partial charge in [0.05, 0.1) is 14.6 Å². The van der Waals surface area contributed by atoms with Crippen molar-refractivity contribution in [1.82, 2.24) is 0 Å². The van der Waals surface area contributed by atoms with Crippen LogP contribution in [0.1, 0.15) is 0 Å². The first-order chi connectivity index (χ1) is 6.31. The summed E-state index contributed by atoms with van der Waals surface area (Å²) in [4.78, 5) is 0. The molecule has 0 saturated heterocycles. The molecule has 0 spiro atoms. The summed E-state index contributed by atoms with van der Waals surface area (Å²) in [5.41, 5.74) is 10.7. The van der Waals surface area contributed by atoms with Gasteiger partial charge in [0.25, 0.3) is 7.59 Å². The third-order valence-corrected chi connectivity index (χ3v) is 4.11. The van der Waals surface area contributed by atoms with Crippen LogP contribution in [0.4, 0.5) is 5.69 Å². The van der Waals surface area contributed by atoms with Crippen molar-refractivity contribution in [2.45, 2.75) is 0 Å². The average molecular weight is 368 g/mol. The summed E-state index contributed by atoms with van der Waals surface area (Å²) >= 11 is 6.31. The topological polar surface area (TPSA) is 101 Å². The van der Waals surface area contributed by atoms with Gasteiger partial charge in [-0.1, -0.05) is 0 Å². The molecule has 0 fully saturated rings. The van der Waals surface area contributed by atoms with E-state index >= 15 is 0 Å². The summed E-state index contributed by atoms with van der Waals surface area (Å²) in [5.74, 6) is 0.0614. The SMILES string of the molecule is NP(N)(=O)Nc1ccc(O)c(Br)c1Br.[Na]. The van der Waals surface area contributed by atoms with Crippen molar-refractivity contribution in [2.75, 3.05) is 5.09 Å². The number of phenolic OH excluding ortho intramolecular Hbond substituents is 1. The summed E-state index contributed by atoms with van der Waals surface area (Å²) < 4.78 is 12.0. The first-order valence-electron chi connectivity index (χ1n) is 3.43. The van der Waals surface area contributed by atoms with Crippen LogP contribution in [0.2, 0.25) is 0 Å². The number of anilines is 1. The van der Waals surface area contributed by atoms with Crippen LogP contribution in [0.3, 0.4) is 0 Å². The normalized spacial score (nSPS) is 10.7. The Balaban J connectivity index is 0.00000196. The molecule has 0 saturated carbocycles. The van der Waals surface area contributed by atoms with Gasteiger partial charge in [0.15, 0.2) is 0 Å². The van der Waals surface area contributed by atoms with Crippen LogP contribution in [-0.4, -0.2) is 34.7 Å². The summed E-state index contributed by atoms with van der Waals surface area (Å²) in [6, 6.07) is 2.93. The quantitative estimate of drug-likeness (QED) is 0.363. The minimum Gasteiger partial charge on any atom is -0.507 e. The zero-order valence-corrected chi connectivity index (χ0v) is 13.9. The maximum atomic E-state index is 11.1. The molecule has 0 atom stereocenters. The summed E-state index contributed by atoms with van der Waals surface area (Å²) in [6.07, 6.45) is 0. The zero-order chi connectivity index (χ0) is 10.9. The number of hydrogen-bond donors (Lipinski definition) is 4. The molecule has 0 bridgehead atoms. The molecule has 9 heteroatoms. The Morgan fingerprint density at radius 1 is 1.27 bits per heavy atom. The first-order valence-corrected chi connectivity index (χ1v) is 6.87. The predicted octanol–water partition coefficient (Wildman–Crippen LogP) is 1.97. The van der Waals surface area contributed by atoms with E-state index in [0.717, 1.165) is 0 Å². The number of aromatic hydroxyl groups is 1. The molecule has 0 amide bonds. The van der Waals surface area contributed by atoms with Crippen molar-refractivity contribution >= 4 is 74.7 Å². The van der Waals surface area contributed by atoms with Crippen LogP contribution in [-0.2, 0) is 4.57 Å². The number of phenols is 1. The van der Waals surface area contributed by atoms with E-state index in [4.69, 9.17) is 11.0 Å². The van der Waals surface area contributed by atoms with E-state index < -0.39 is 7.59 Å². The van der Waals surface area contributed by atoms with E-state index in [0.29, 0.717) is 14.6 Å². The smallest absolute Gasteiger partial charge is 0.298 e. The molecule has 79 valence electrons. The number of hydrogen-bond acceptors (Lipinski definition) is 2. The molecule has 0 aromatic heterocycles. The van der Waals surface area contributed by atoms with Crippen molar-refractivity contribution in [3.8, 4) is 5.75 Å². The molecule has 15 heavy (non-hydrogen) atoms. The van der Waals surface area contributed by atoms with Gasteiger partial charge in [0.2, 0.25) is 0 Å². The largest absolute Gasteiger partial charge is 0.507 e. The van der Waals surface area contributed by atoms with Crippen LogP contribution < -0.4 is 16.1 Å². The van der Waals surface area contributed by atoms with Gasteiger partial charge in [-0.25, -0.2) is 0 Å². The molecule has 6 N–H and O–H groups in total. The van der Waals surface area contributed by atoms with Crippen LogP contribution >= 0.6 is 39.5 Å². The summed E-state index contributed by atoms with van der Waals surface area (Å²) in [5, 5.41) is 11.7.